The van der Waals surface area contributed by atoms with E-state index < -0.39 is 23.6 Å². The number of methoxy groups -OCH3 is 1. The van der Waals surface area contributed by atoms with Crippen molar-refractivity contribution in [2.45, 2.75) is 32.0 Å². The van der Waals surface area contributed by atoms with Gasteiger partial charge in [-0.25, -0.2) is 0 Å². The molecule has 274 valence electrons. The molecule has 0 aliphatic carbocycles. The highest BCUT2D eigenvalue weighted by molar-refractivity contribution is 6.08. The number of aromatic nitrogens is 1. The number of amides is 3. The molecule has 0 bridgehead atoms. The number of likely N-dealkylation sites (N-methyl/N-ethyl adjacent to an activating group) is 1. The van der Waals surface area contributed by atoms with Gasteiger partial charge in [0.2, 0.25) is 0 Å². The average Bonchev–Trinajstić information content (AvgIpc) is 3.16. The molecule has 0 spiro atoms. The summed E-state index contributed by atoms with van der Waals surface area (Å²) >= 11 is 0. The van der Waals surface area contributed by atoms with E-state index in [0.717, 1.165) is 50.2 Å². The standard InChI is InChI=1S/C39H43F3N6O4/c1-47(20-16-43-17-21-52-2)38(51)30-10-7-9-28(23-30)37(50)46-34-13-12-32(48-18-4-3-5-19-48)25-33(34)35-24-29(14-15-44-35)36(49)45-26-27-8-6-11-31(22-27)39(40,41)42/h6-15,22-25,43H,3-5,16-21,26H2,1-2H3,(H,45,49)(H,46,50). The molecule has 2 heterocycles. The van der Waals surface area contributed by atoms with Gasteiger partial charge in [0.25, 0.3) is 17.7 Å². The third-order valence-corrected chi connectivity index (χ3v) is 8.80. The second-order valence-electron chi connectivity index (χ2n) is 12.6. The van der Waals surface area contributed by atoms with Crippen molar-refractivity contribution in [2.24, 2.45) is 0 Å². The van der Waals surface area contributed by atoms with Crippen molar-refractivity contribution in [2.75, 3.05) is 63.7 Å². The van der Waals surface area contributed by atoms with Crippen molar-refractivity contribution in [1.82, 2.24) is 20.5 Å². The Morgan fingerprint density at radius 3 is 2.38 bits per heavy atom. The molecule has 0 saturated carbocycles. The minimum absolute atomic E-state index is 0.102. The van der Waals surface area contributed by atoms with E-state index in [9.17, 15) is 27.6 Å². The summed E-state index contributed by atoms with van der Waals surface area (Å²) in [6, 6.07) is 20.1. The van der Waals surface area contributed by atoms with Gasteiger partial charge in [0.15, 0.2) is 0 Å². The summed E-state index contributed by atoms with van der Waals surface area (Å²) in [4.78, 5) is 48.4. The Kier molecular flexibility index (Phi) is 13.0. The predicted molar refractivity (Wildman–Crippen MR) is 194 cm³/mol. The first-order valence-corrected chi connectivity index (χ1v) is 17.2. The first-order chi connectivity index (χ1) is 25.0. The maximum atomic E-state index is 13.7. The molecule has 0 radical (unpaired) electrons. The average molecular weight is 717 g/mol. The molecule has 3 aromatic carbocycles. The smallest absolute Gasteiger partial charge is 0.383 e. The van der Waals surface area contributed by atoms with Crippen molar-refractivity contribution < 1.29 is 32.3 Å². The van der Waals surface area contributed by atoms with Crippen LogP contribution < -0.4 is 20.9 Å². The van der Waals surface area contributed by atoms with Gasteiger partial charge < -0.3 is 30.5 Å². The fraction of sp³-hybridized carbons (Fsp3) is 0.333. The molecule has 52 heavy (non-hydrogen) atoms. The van der Waals surface area contributed by atoms with E-state index in [2.05, 4.69) is 25.8 Å². The first kappa shape index (κ1) is 38.0. The summed E-state index contributed by atoms with van der Waals surface area (Å²) in [7, 11) is 3.33. The van der Waals surface area contributed by atoms with Crippen LogP contribution in [0.25, 0.3) is 11.3 Å². The number of rotatable bonds is 14. The molecule has 1 aliphatic rings. The largest absolute Gasteiger partial charge is 0.416 e. The fourth-order valence-electron chi connectivity index (χ4n) is 5.92. The summed E-state index contributed by atoms with van der Waals surface area (Å²) in [5, 5.41) is 8.88. The van der Waals surface area contributed by atoms with Crippen LogP contribution in [0.2, 0.25) is 0 Å². The van der Waals surface area contributed by atoms with Gasteiger partial charge in [-0.1, -0.05) is 18.2 Å². The third kappa shape index (κ3) is 10.2. The zero-order chi connectivity index (χ0) is 37.1. The zero-order valence-corrected chi connectivity index (χ0v) is 29.3. The van der Waals surface area contributed by atoms with Gasteiger partial charge in [0.1, 0.15) is 0 Å². The number of nitrogens with zero attached hydrogens (tertiary/aromatic N) is 3. The molecule has 1 saturated heterocycles. The molecule has 3 N–H and O–H groups in total. The lowest BCUT2D eigenvalue weighted by atomic mass is 10.0. The van der Waals surface area contributed by atoms with E-state index in [1.54, 1.807) is 55.5 Å². The molecule has 1 fully saturated rings. The Morgan fingerprint density at radius 1 is 0.865 bits per heavy atom. The van der Waals surface area contributed by atoms with E-state index in [1.165, 1.54) is 24.4 Å². The molecule has 0 atom stereocenters. The van der Waals surface area contributed by atoms with Crippen LogP contribution >= 0.6 is 0 Å². The normalized spacial score (nSPS) is 13.1. The number of alkyl halides is 3. The number of halogens is 3. The summed E-state index contributed by atoms with van der Waals surface area (Å²) in [6.45, 7) is 3.97. The summed E-state index contributed by atoms with van der Waals surface area (Å²) in [5.74, 6) is -1.14. The van der Waals surface area contributed by atoms with Gasteiger partial charge in [0.05, 0.1) is 23.6 Å². The van der Waals surface area contributed by atoms with E-state index in [-0.39, 0.29) is 18.0 Å². The Morgan fingerprint density at radius 2 is 1.62 bits per heavy atom. The van der Waals surface area contributed by atoms with Crippen LogP contribution in [0.15, 0.2) is 85.1 Å². The number of carbonyl (C=O) groups is 3. The molecule has 1 aliphatic heterocycles. The number of hydrogen-bond donors (Lipinski definition) is 3. The van der Waals surface area contributed by atoms with E-state index >= 15 is 0 Å². The van der Waals surface area contributed by atoms with Crippen molar-refractivity contribution in [3.05, 3.63) is 113 Å². The van der Waals surface area contributed by atoms with Crippen LogP contribution in [-0.4, -0.2) is 81.1 Å². The van der Waals surface area contributed by atoms with E-state index in [4.69, 9.17) is 4.74 Å². The van der Waals surface area contributed by atoms with Crippen molar-refractivity contribution >= 4 is 29.1 Å². The molecule has 5 rings (SSSR count). The van der Waals surface area contributed by atoms with Gasteiger partial charge in [-0.3, -0.25) is 19.4 Å². The topological polar surface area (TPSA) is 116 Å². The second kappa shape index (κ2) is 17.8. The molecule has 0 unspecified atom stereocenters. The minimum atomic E-state index is -4.49. The number of benzene rings is 3. The fourth-order valence-corrected chi connectivity index (χ4v) is 5.92. The quantitative estimate of drug-likeness (QED) is 0.132. The SMILES string of the molecule is COCCNCCN(C)C(=O)c1cccc(C(=O)Nc2ccc(N3CCCCC3)cc2-c2cc(C(=O)NCc3cccc(C(F)(F)F)c3)ccn2)c1. The van der Waals surface area contributed by atoms with Crippen LogP contribution in [0.3, 0.4) is 0 Å². The molecular weight excluding hydrogens is 673 g/mol. The Hall–Kier alpha value is -5.27. The third-order valence-electron chi connectivity index (χ3n) is 8.80. The molecular formula is C39H43F3N6O4. The van der Waals surface area contributed by atoms with Gasteiger partial charge in [-0.2, -0.15) is 13.2 Å². The highest BCUT2D eigenvalue weighted by Crippen LogP contribution is 2.33. The molecule has 10 nitrogen and oxygen atoms in total. The summed E-state index contributed by atoms with van der Waals surface area (Å²) in [6.07, 6.45) is 0.255. The summed E-state index contributed by atoms with van der Waals surface area (Å²) in [5.41, 5.74) is 2.84. The second-order valence-corrected chi connectivity index (χ2v) is 12.6. The lowest BCUT2D eigenvalue weighted by Gasteiger charge is -2.29. The highest BCUT2D eigenvalue weighted by atomic mass is 19.4. The van der Waals surface area contributed by atoms with Gasteiger partial charge >= 0.3 is 6.18 Å². The number of nitrogens with one attached hydrogen (secondary N) is 3. The lowest BCUT2D eigenvalue weighted by molar-refractivity contribution is -0.137. The maximum absolute atomic E-state index is 13.7. The van der Waals surface area contributed by atoms with Gasteiger partial charge in [0, 0.05) is 87.6 Å². The number of hydrogen-bond acceptors (Lipinski definition) is 7. The number of pyridine rings is 1. The van der Waals surface area contributed by atoms with Gasteiger partial charge in [-0.05, 0) is 85.5 Å². The summed E-state index contributed by atoms with van der Waals surface area (Å²) < 4.78 is 44.6. The number of piperidine rings is 1. The zero-order valence-electron chi connectivity index (χ0n) is 29.3. The Labute approximate surface area is 301 Å². The van der Waals surface area contributed by atoms with Crippen molar-refractivity contribution in [3.8, 4) is 11.3 Å². The first-order valence-electron chi connectivity index (χ1n) is 17.2. The molecule has 13 heteroatoms. The lowest BCUT2D eigenvalue weighted by Crippen LogP contribution is -2.35. The molecule has 1 aromatic heterocycles. The van der Waals surface area contributed by atoms with Crippen molar-refractivity contribution in [1.29, 1.82) is 0 Å². The number of anilines is 2. The van der Waals surface area contributed by atoms with Crippen LogP contribution in [0.4, 0.5) is 24.5 Å². The van der Waals surface area contributed by atoms with E-state index in [0.29, 0.717) is 59.9 Å². The van der Waals surface area contributed by atoms with Crippen molar-refractivity contribution in [3.63, 3.8) is 0 Å². The van der Waals surface area contributed by atoms with E-state index in [1.807, 2.05) is 12.1 Å². The number of carbonyl (C=O) groups excluding carboxylic acids is 3. The van der Waals surface area contributed by atoms with Crippen LogP contribution in [-0.2, 0) is 17.5 Å². The van der Waals surface area contributed by atoms with Crippen LogP contribution in [0, 0.1) is 0 Å². The molecule has 4 aromatic rings. The highest BCUT2D eigenvalue weighted by Gasteiger charge is 2.30. The predicted octanol–water partition coefficient (Wildman–Crippen LogP) is 6.25. The Balaban J connectivity index is 1.36. The minimum Gasteiger partial charge on any atom is -0.383 e. The maximum Gasteiger partial charge on any atom is 0.416 e. The van der Waals surface area contributed by atoms with Gasteiger partial charge in [-0.15, -0.1) is 0 Å². The van der Waals surface area contributed by atoms with Crippen LogP contribution in [0.5, 0.6) is 0 Å². The molecule has 3 amide bonds. The van der Waals surface area contributed by atoms with Crippen LogP contribution in [0.1, 0.15) is 61.5 Å². The number of ether oxygens (including phenoxy) is 1. The Bertz CT molecular complexity index is 1860. The monoisotopic (exact) mass is 716 g/mol.